The maximum atomic E-state index is 12.4. The second-order valence-electron chi connectivity index (χ2n) is 5.78. The average molecular weight is 383 g/mol. The summed E-state index contributed by atoms with van der Waals surface area (Å²) in [5.41, 5.74) is -0.760. The van der Waals surface area contributed by atoms with Gasteiger partial charge in [-0.3, -0.25) is 4.79 Å². The predicted molar refractivity (Wildman–Crippen MR) is 88.8 cm³/mol. The van der Waals surface area contributed by atoms with Crippen LogP contribution < -0.4 is 15.4 Å². The first kappa shape index (κ1) is 21.5. The number of alkyl halides is 3. The van der Waals surface area contributed by atoms with Crippen LogP contribution in [0.3, 0.4) is 0 Å². The van der Waals surface area contributed by atoms with E-state index >= 15 is 0 Å². The lowest BCUT2D eigenvalue weighted by Crippen LogP contribution is -2.43. The molecule has 1 aromatic carbocycles. The van der Waals surface area contributed by atoms with Crippen LogP contribution >= 0.6 is 12.4 Å². The quantitative estimate of drug-likeness (QED) is 0.703. The zero-order valence-electron chi connectivity index (χ0n) is 13.5. The summed E-state index contributed by atoms with van der Waals surface area (Å²) >= 11 is 0. The molecule has 0 spiro atoms. The van der Waals surface area contributed by atoms with E-state index in [4.69, 9.17) is 4.74 Å². The largest absolute Gasteiger partial charge is 0.491 e. The van der Waals surface area contributed by atoms with Crippen molar-refractivity contribution in [2.24, 2.45) is 5.92 Å². The number of nitrogens with one attached hydrogen (secondary N) is 2. The van der Waals surface area contributed by atoms with E-state index in [9.17, 15) is 23.1 Å². The summed E-state index contributed by atoms with van der Waals surface area (Å²) < 4.78 is 42.5. The van der Waals surface area contributed by atoms with Crippen LogP contribution in [0.15, 0.2) is 24.3 Å². The van der Waals surface area contributed by atoms with E-state index in [0.717, 1.165) is 31.5 Å². The number of amides is 1. The summed E-state index contributed by atoms with van der Waals surface area (Å²) in [5.74, 6) is 0.0161. The maximum absolute atomic E-state index is 12.4. The van der Waals surface area contributed by atoms with Crippen molar-refractivity contribution in [1.82, 2.24) is 10.6 Å². The first-order chi connectivity index (χ1) is 11.4. The van der Waals surface area contributed by atoms with E-state index in [1.807, 2.05) is 0 Å². The third-order valence-corrected chi connectivity index (χ3v) is 3.80. The zero-order valence-corrected chi connectivity index (χ0v) is 14.3. The van der Waals surface area contributed by atoms with Crippen LogP contribution in [0.5, 0.6) is 5.75 Å². The van der Waals surface area contributed by atoms with Gasteiger partial charge in [-0.25, -0.2) is 0 Å². The van der Waals surface area contributed by atoms with Gasteiger partial charge in [-0.05, 0) is 43.7 Å². The molecule has 1 saturated heterocycles. The molecule has 1 heterocycles. The zero-order chi connectivity index (χ0) is 17.6. The van der Waals surface area contributed by atoms with E-state index in [2.05, 4.69) is 10.6 Å². The van der Waals surface area contributed by atoms with Crippen molar-refractivity contribution in [2.75, 3.05) is 26.2 Å². The van der Waals surface area contributed by atoms with Crippen molar-refractivity contribution in [3.8, 4) is 5.75 Å². The molecule has 0 saturated carbocycles. The minimum atomic E-state index is -4.39. The summed E-state index contributed by atoms with van der Waals surface area (Å²) in [6, 6.07) is 4.22. The molecule has 5 nitrogen and oxygen atoms in total. The van der Waals surface area contributed by atoms with Gasteiger partial charge < -0.3 is 20.5 Å². The molecule has 9 heteroatoms. The highest BCUT2D eigenvalue weighted by molar-refractivity contribution is 5.85. The minimum Gasteiger partial charge on any atom is -0.491 e. The first-order valence-corrected chi connectivity index (χ1v) is 7.83. The van der Waals surface area contributed by atoms with Crippen molar-refractivity contribution in [3.63, 3.8) is 0 Å². The number of aliphatic hydroxyl groups excluding tert-OH is 1. The number of halogens is 4. The van der Waals surface area contributed by atoms with Gasteiger partial charge in [0, 0.05) is 13.1 Å². The van der Waals surface area contributed by atoms with Crippen LogP contribution in [0, 0.1) is 5.92 Å². The van der Waals surface area contributed by atoms with Crippen molar-refractivity contribution in [1.29, 1.82) is 0 Å². The molecule has 1 aliphatic rings. The molecule has 1 aliphatic heterocycles. The fraction of sp³-hybridized carbons (Fsp3) is 0.562. The molecule has 25 heavy (non-hydrogen) atoms. The Hall–Kier alpha value is -1.51. The molecular formula is C16H22ClF3N2O3. The Bertz CT molecular complexity index is 534. The van der Waals surface area contributed by atoms with Gasteiger partial charge in [0.05, 0.1) is 11.5 Å². The SMILES string of the molecule is Cl.O=C(NCC(O)COc1ccc(C(F)(F)F)cc1)C1CCCNC1. The first-order valence-electron chi connectivity index (χ1n) is 7.83. The normalized spacial score (nSPS) is 18.8. The highest BCUT2D eigenvalue weighted by atomic mass is 35.5. The average Bonchev–Trinajstić information content (AvgIpc) is 2.58. The molecule has 1 aromatic rings. The third kappa shape index (κ3) is 7.09. The third-order valence-electron chi connectivity index (χ3n) is 3.80. The molecular weight excluding hydrogens is 361 g/mol. The van der Waals surface area contributed by atoms with E-state index < -0.39 is 17.8 Å². The van der Waals surface area contributed by atoms with Crippen molar-refractivity contribution in [2.45, 2.75) is 25.1 Å². The highest BCUT2D eigenvalue weighted by Crippen LogP contribution is 2.30. The van der Waals surface area contributed by atoms with Gasteiger partial charge in [-0.2, -0.15) is 13.2 Å². The molecule has 1 fully saturated rings. The monoisotopic (exact) mass is 382 g/mol. The number of rotatable bonds is 6. The summed E-state index contributed by atoms with van der Waals surface area (Å²) in [7, 11) is 0. The fourth-order valence-electron chi connectivity index (χ4n) is 2.43. The summed E-state index contributed by atoms with van der Waals surface area (Å²) in [6.07, 6.45) is -3.57. The van der Waals surface area contributed by atoms with Gasteiger partial charge in [0.25, 0.3) is 0 Å². The van der Waals surface area contributed by atoms with Crippen LogP contribution in [-0.4, -0.2) is 43.4 Å². The molecule has 3 N–H and O–H groups in total. The van der Waals surface area contributed by atoms with Crippen LogP contribution in [-0.2, 0) is 11.0 Å². The number of carbonyl (C=O) groups excluding carboxylic acids is 1. The second-order valence-corrected chi connectivity index (χ2v) is 5.78. The lowest BCUT2D eigenvalue weighted by atomic mass is 9.99. The Morgan fingerprint density at radius 3 is 2.60 bits per heavy atom. The number of carbonyl (C=O) groups is 1. The topological polar surface area (TPSA) is 70.6 Å². The minimum absolute atomic E-state index is 0. The number of aliphatic hydroxyl groups is 1. The number of hydrogen-bond acceptors (Lipinski definition) is 4. The maximum Gasteiger partial charge on any atom is 0.416 e. The number of benzene rings is 1. The Morgan fingerprint density at radius 1 is 1.36 bits per heavy atom. The molecule has 0 radical (unpaired) electrons. The van der Waals surface area contributed by atoms with Crippen LogP contribution in [0.1, 0.15) is 18.4 Å². The molecule has 2 atom stereocenters. The molecule has 0 bridgehead atoms. The molecule has 2 rings (SSSR count). The van der Waals surface area contributed by atoms with Gasteiger partial charge in [0.15, 0.2) is 0 Å². The molecule has 2 unspecified atom stereocenters. The highest BCUT2D eigenvalue weighted by Gasteiger charge is 2.30. The van der Waals surface area contributed by atoms with Gasteiger partial charge in [0.1, 0.15) is 18.5 Å². The van der Waals surface area contributed by atoms with E-state index in [1.54, 1.807) is 0 Å². The Balaban J connectivity index is 0.00000312. The Kier molecular flexibility index (Phi) is 8.47. The number of ether oxygens (including phenoxy) is 1. The van der Waals surface area contributed by atoms with E-state index in [0.29, 0.717) is 6.54 Å². The second kappa shape index (κ2) is 9.84. The van der Waals surface area contributed by atoms with Crippen molar-refractivity contribution >= 4 is 18.3 Å². The molecule has 142 valence electrons. The molecule has 0 aliphatic carbocycles. The standard InChI is InChI=1S/C16H21F3N2O3.ClH/c17-16(18,19)12-3-5-14(6-4-12)24-10-13(22)9-21-15(23)11-2-1-7-20-8-11;/h3-6,11,13,20,22H,1-2,7-10H2,(H,21,23);1H. The number of hydrogen-bond donors (Lipinski definition) is 3. The summed E-state index contributed by atoms with van der Waals surface area (Å²) in [5, 5.41) is 15.6. The predicted octanol–water partition coefficient (Wildman–Crippen LogP) is 1.98. The van der Waals surface area contributed by atoms with Crippen molar-refractivity contribution in [3.05, 3.63) is 29.8 Å². The summed E-state index contributed by atoms with van der Waals surface area (Å²) in [6.45, 7) is 1.46. The summed E-state index contributed by atoms with van der Waals surface area (Å²) in [4.78, 5) is 11.9. The lowest BCUT2D eigenvalue weighted by molar-refractivity contribution is -0.137. The van der Waals surface area contributed by atoms with E-state index in [1.165, 1.54) is 12.1 Å². The van der Waals surface area contributed by atoms with Gasteiger partial charge in [0.2, 0.25) is 5.91 Å². The Morgan fingerprint density at radius 2 is 2.04 bits per heavy atom. The van der Waals surface area contributed by atoms with Gasteiger partial charge >= 0.3 is 6.18 Å². The molecule has 1 amide bonds. The Labute approximate surface area is 150 Å². The van der Waals surface area contributed by atoms with Crippen LogP contribution in [0.4, 0.5) is 13.2 Å². The number of piperidine rings is 1. The van der Waals surface area contributed by atoms with Crippen LogP contribution in [0.25, 0.3) is 0 Å². The smallest absolute Gasteiger partial charge is 0.416 e. The van der Waals surface area contributed by atoms with Crippen molar-refractivity contribution < 1.29 is 27.8 Å². The van der Waals surface area contributed by atoms with Gasteiger partial charge in [-0.15, -0.1) is 12.4 Å². The van der Waals surface area contributed by atoms with Crippen LogP contribution in [0.2, 0.25) is 0 Å². The fourth-order valence-corrected chi connectivity index (χ4v) is 2.43. The molecule has 0 aromatic heterocycles. The van der Waals surface area contributed by atoms with Gasteiger partial charge in [-0.1, -0.05) is 0 Å². The lowest BCUT2D eigenvalue weighted by Gasteiger charge is -2.22. The van der Waals surface area contributed by atoms with E-state index in [-0.39, 0.29) is 43.1 Å².